The summed E-state index contributed by atoms with van der Waals surface area (Å²) in [6, 6.07) is -0.0805. The lowest BCUT2D eigenvalue weighted by molar-refractivity contribution is 0.200. The van der Waals surface area contributed by atoms with Gasteiger partial charge in [-0.05, 0) is 14.0 Å². The zero-order valence-corrected chi connectivity index (χ0v) is 9.53. The molecule has 1 aromatic heterocycles. The molecule has 9 heteroatoms. The second kappa shape index (κ2) is 5.80. The Balaban J connectivity index is 0.000000171. The first-order chi connectivity index (χ1) is 7.99. The zero-order chi connectivity index (χ0) is 12.8. The van der Waals surface area contributed by atoms with Gasteiger partial charge in [-0.2, -0.15) is 5.10 Å². The molecule has 2 rings (SSSR count). The molecule has 0 bridgehead atoms. The van der Waals surface area contributed by atoms with E-state index < -0.39 is 11.2 Å². The van der Waals surface area contributed by atoms with Crippen LogP contribution in [0.5, 0.6) is 0 Å². The highest BCUT2D eigenvalue weighted by Crippen LogP contribution is 1.80. The van der Waals surface area contributed by atoms with Gasteiger partial charge in [-0.15, -0.1) is 0 Å². The van der Waals surface area contributed by atoms with Crippen LogP contribution in [0.25, 0.3) is 0 Å². The second-order valence-electron chi connectivity index (χ2n) is 3.45. The smallest absolute Gasteiger partial charge is 0.325 e. The molecule has 9 nitrogen and oxygen atoms in total. The van der Waals surface area contributed by atoms with Crippen LogP contribution in [0, 0.1) is 6.92 Å². The van der Waals surface area contributed by atoms with Gasteiger partial charge in [-0.1, -0.05) is 0 Å². The van der Waals surface area contributed by atoms with Gasteiger partial charge < -0.3 is 10.6 Å². The first kappa shape index (κ1) is 12.9. The third-order valence-electron chi connectivity index (χ3n) is 1.90. The monoisotopic (exact) mass is 242 g/mol. The Labute approximate surface area is 96.2 Å². The third-order valence-corrected chi connectivity index (χ3v) is 1.90. The predicted molar refractivity (Wildman–Crippen MR) is 59.4 cm³/mol. The third kappa shape index (κ3) is 4.47. The van der Waals surface area contributed by atoms with Crippen molar-refractivity contribution in [3.8, 4) is 0 Å². The van der Waals surface area contributed by atoms with Crippen molar-refractivity contribution < 1.29 is 4.79 Å². The van der Waals surface area contributed by atoms with Gasteiger partial charge in [-0.25, -0.2) is 14.7 Å². The SMILES string of the molecule is CN1CNC(=O)NC1.Cc1n[nH]c(=O)[nH]c1=O. The lowest BCUT2D eigenvalue weighted by Gasteiger charge is -2.23. The van der Waals surface area contributed by atoms with E-state index in [-0.39, 0.29) is 11.7 Å². The van der Waals surface area contributed by atoms with Crippen molar-refractivity contribution in [3.63, 3.8) is 0 Å². The van der Waals surface area contributed by atoms with Crippen molar-refractivity contribution in [3.05, 3.63) is 26.5 Å². The van der Waals surface area contributed by atoms with Crippen LogP contribution in [-0.4, -0.2) is 46.5 Å². The number of aryl methyl sites for hydroxylation is 1. The first-order valence-electron chi connectivity index (χ1n) is 4.85. The summed E-state index contributed by atoms with van der Waals surface area (Å²) in [4.78, 5) is 35.1. The van der Waals surface area contributed by atoms with E-state index in [0.717, 1.165) is 0 Å². The minimum Gasteiger partial charge on any atom is -0.325 e. The molecule has 94 valence electrons. The van der Waals surface area contributed by atoms with Gasteiger partial charge in [-0.3, -0.25) is 14.7 Å². The van der Waals surface area contributed by atoms with E-state index >= 15 is 0 Å². The normalized spacial score (nSPS) is 15.3. The number of carbonyl (C=O) groups is 1. The van der Waals surface area contributed by atoms with Crippen molar-refractivity contribution in [2.24, 2.45) is 0 Å². The van der Waals surface area contributed by atoms with Gasteiger partial charge in [0.1, 0.15) is 5.69 Å². The fraction of sp³-hybridized carbons (Fsp3) is 0.500. The van der Waals surface area contributed by atoms with Crippen LogP contribution < -0.4 is 21.9 Å². The van der Waals surface area contributed by atoms with Crippen molar-refractivity contribution in [1.29, 1.82) is 0 Å². The predicted octanol–water partition coefficient (Wildman–Crippen LogP) is -2.09. The molecule has 0 saturated carbocycles. The van der Waals surface area contributed by atoms with Gasteiger partial charge in [0.15, 0.2) is 0 Å². The van der Waals surface area contributed by atoms with Crippen LogP contribution in [-0.2, 0) is 0 Å². The Bertz CT molecular complexity index is 483. The lowest BCUT2D eigenvalue weighted by Crippen LogP contribution is -2.52. The van der Waals surface area contributed by atoms with Gasteiger partial charge in [0.25, 0.3) is 5.56 Å². The number of urea groups is 1. The fourth-order valence-corrected chi connectivity index (χ4v) is 0.939. The number of nitrogens with zero attached hydrogens (tertiary/aromatic N) is 2. The molecule has 1 saturated heterocycles. The maximum absolute atomic E-state index is 10.5. The van der Waals surface area contributed by atoms with Crippen molar-refractivity contribution in [2.45, 2.75) is 6.92 Å². The number of H-pyrrole nitrogens is 2. The summed E-state index contributed by atoms with van der Waals surface area (Å²) in [5, 5.41) is 10.7. The fourth-order valence-electron chi connectivity index (χ4n) is 0.939. The maximum atomic E-state index is 10.5. The Hall–Kier alpha value is -2.16. The summed E-state index contributed by atoms with van der Waals surface area (Å²) in [6.07, 6.45) is 0. The standard InChI is InChI=1S/C4H5N3O2.C4H9N3O/c1-2-3(8)5-4(9)7-6-2;1-7-2-5-4(8)6-3-7/h1H3,(H2,5,7,8,9);2-3H2,1H3,(H2,5,6,8). The first-order valence-corrected chi connectivity index (χ1v) is 4.85. The van der Waals surface area contributed by atoms with Gasteiger partial charge in [0.05, 0.1) is 13.3 Å². The number of hydrogen-bond acceptors (Lipinski definition) is 5. The van der Waals surface area contributed by atoms with Crippen molar-refractivity contribution in [1.82, 2.24) is 30.7 Å². The molecule has 1 fully saturated rings. The summed E-state index contributed by atoms with van der Waals surface area (Å²) in [5.41, 5.74) is -0.765. The summed E-state index contributed by atoms with van der Waals surface area (Å²) in [5.74, 6) is 0. The lowest BCUT2D eigenvalue weighted by atomic mass is 10.5. The molecule has 0 aliphatic carbocycles. The Kier molecular flexibility index (Phi) is 4.40. The minimum absolute atomic E-state index is 0.0805. The van der Waals surface area contributed by atoms with E-state index in [0.29, 0.717) is 13.3 Å². The molecular formula is C8H14N6O3. The summed E-state index contributed by atoms with van der Waals surface area (Å²) >= 11 is 0. The van der Waals surface area contributed by atoms with Gasteiger partial charge in [0, 0.05) is 0 Å². The molecule has 4 N–H and O–H groups in total. The van der Waals surface area contributed by atoms with Crippen molar-refractivity contribution >= 4 is 6.03 Å². The van der Waals surface area contributed by atoms with Crippen LogP contribution in [0.4, 0.5) is 4.79 Å². The zero-order valence-electron chi connectivity index (χ0n) is 9.53. The number of aromatic nitrogens is 3. The van der Waals surface area contributed by atoms with Crippen LogP contribution in [0.3, 0.4) is 0 Å². The molecule has 0 radical (unpaired) electrons. The molecule has 17 heavy (non-hydrogen) atoms. The molecule has 2 amide bonds. The number of hydrogen-bond donors (Lipinski definition) is 4. The quantitative estimate of drug-likeness (QED) is 0.415. The van der Waals surface area contributed by atoms with E-state index in [2.05, 4.69) is 20.8 Å². The number of rotatable bonds is 0. The Morgan fingerprint density at radius 1 is 1.18 bits per heavy atom. The van der Waals surface area contributed by atoms with Crippen LogP contribution in [0.1, 0.15) is 5.69 Å². The average molecular weight is 242 g/mol. The second-order valence-corrected chi connectivity index (χ2v) is 3.45. The van der Waals surface area contributed by atoms with E-state index in [1.165, 1.54) is 6.92 Å². The molecule has 2 heterocycles. The summed E-state index contributed by atoms with van der Waals surface area (Å²) in [6.45, 7) is 2.80. The molecule has 1 aliphatic rings. The molecular weight excluding hydrogens is 228 g/mol. The number of aromatic amines is 2. The molecule has 1 aromatic rings. The molecule has 0 atom stereocenters. The Morgan fingerprint density at radius 3 is 2.18 bits per heavy atom. The number of amides is 2. The largest absolute Gasteiger partial charge is 0.342 e. The van der Waals surface area contributed by atoms with Crippen LogP contribution in [0.2, 0.25) is 0 Å². The molecule has 0 aromatic carbocycles. The molecule has 0 spiro atoms. The molecule has 0 unspecified atom stereocenters. The van der Waals surface area contributed by atoms with Gasteiger partial charge >= 0.3 is 11.7 Å². The van der Waals surface area contributed by atoms with E-state index in [1.807, 2.05) is 16.9 Å². The van der Waals surface area contributed by atoms with E-state index in [1.54, 1.807) is 0 Å². The van der Waals surface area contributed by atoms with Crippen LogP contribution in [0.15, 0.2) is 9.59 Å². The average Bonchev–Trinajstić information content (AvgIpc) is 2.29. The Morgan fingerprint density at radius 2 is 1.76 bits per heavy atom. The highest BCUT2D eigenvalue weighted by atomic mass is 16.2. The summed E-state index contributed by atoms with van der Waals surface area (Å²) in [7, 11) is 1.92. The van der Waals surface area contributed by atoms with Crippen molar-refractivity contribution in [2.75, 3.05) is 20.4 Å². The van der Waals surface area contributed by atoms with Gasteiger partial charge in [0.2, 0.25) is 0 Å². The topological polar surface area (TPSA) is 123 Å². The van der Waals surface area contributed by atoms with E-state index in [4.69, 9.17) is 0 Å². The number of nitrogens with one attached hydrogen (secondary N) is 4. The maximum Gasteiger partial charge on any atom is 0.342 e. The highest BCUT2D eigenvalue weighted by Gasteiger charge is 2.07. The minimum atomic E-state index is -0.578. The summed E-state index contributed by atoms with van der Waals surface area (Å²) < 4.78 is 0. The highest BCUT2D eigenvalue weighted by molar-refractivity contribution is 5.74. The van der Waals surface area contributed by atoms with Crippen LogP contribution >= 0.6 is 0 Å². The number of carbonyl (C=O) groups excluding carboxylic acids is 1. The van der Waals surface area contributed by atoms with E-state index in [9.17, 15) is 14.4 Å². The molecule has 1 aliphatic heterocycles.